The second-order valence-corrected chi connectivity index (χ2v) is 11.0. The highest BCUT2D eigenvalue weighted by Gasteiger charge is 2.26. The van der Waals surface area contributed by atoms with E-state index in [2.05, 4.69) is 12.2 Å². The number of anilines is 1. The highest BCUT2D eigenvalue weighted by molar-refractivity contribution is 7.92. The monoisotopic (exact) mass is 501 g/mol. The molecule has 0 spiro atoms. The molecule has 0 aliphatic heterocycles. The third-order valence-corrected chi connectivity index (χ3v) is 7.03. The molecule has 0 aliphatic carbocycles. The maximum Gasteiger partial charge on any atom is 0.242 e. The summed E-state index contributed by atoms with van der Waals surface area (Å²) in [6.07, 6.45) is 3.50. The third-order valence-electron chi connectivity index (χ3n) is 5.84. The fourth-order valence-corrected chi connectivity index (χ4v) is 4.95. The average molecular weight is 502 g/mol. The number of benzene rings is 2. The first kappa shape index (κ1) is 28.4. The Balaban J connectivity index is 2.14. The van der Waals surface area contributed by atoms with E-state index in [1.165, 1.54) is 10.6 Å². The zero-order chi connectivity index (χ0) is 26.0. The second-order valence-electron chi connectivity index (χ2n) is 9.11. The number of nitrogens with one attached hydrogen (secondary N) is 1. The van der Waals surface area contributed by atoms with Crippen molar-refractivity contribution in [2.75, 3.05) is 23.7 Å². The van der Waals surface area contributed by atoms with E-state index in [-0.39, 0.29) is 24.8 Å². The second kappa shape index (κ2) is 13.3. The Morgan fingerprint density at radius 2 is 1.63 bits per heavy atom. The molecule has 2 aromatic rings. The summed E-state index contributed by atoms with van der Waals surface area (Å²) in [6, 6.07) is 14.6. The van der Waals surface area contributed by atoms with Crippen LogP contribution in [0.15, 0.2) is 48.5 Å². The largest absolute Gasteiger partial charge is 0.354 e. The summed E-state index contributed by atoms with van der Waals surface area (Å²) in [5, 5.41) is 2.91. The summed E-state index contributed by atoms with van der Waals surface area (Å²) in [7, 11) is -3.52. The molecule has 2 amide bonds. The molecule has 0 aliphatic rings. The number of hydrogen-bond donors (Lipinski definition) is 1. The number of hydrogen-bond acceptors (Lipinski definition) is 4. The summed E-state index contributed by atoms with van der Waals surface area (Å²) in [6.45, 7) is 8.72. The number of aryl methyl sites for hydroxylation is 2. The van der Waals surface area contributed by atoms with Gasteiger partial charge in [-0.1, -0.05) is 49.7 Å². The van der Waals surface area contributed by atoms with E-state index in [1.807, 2.05) is 62.4 Å². The molecule has 2 rings (SSSR count). The van der Waals surface area contributed by atoms with E-state index in [0.717, 1.165) is 29.5 Å². The molecule has 1 N–H and O–H groups in total. The normalized spacial score (nSPS) is 12.1. The average Bonchev–Trinajstić information content (AvgIpc) is 2.79. The zero-order valence-corrected chi connectivity index (χ0v) is 22.4. The van der Waals surface area contributed by atoms with Gasteiger partial charge in [-0.25, -0.2) is 8.42 Å². The molecule has 0 saturated carbocycles. The lowest BCUT2D eigenvalue weighted by molar-refractivity contribution is -0.140. The van der Waals surface area contributed by atoms with Crippen molar-refractivity contribution in [2.45, 2.75) is 66.0 Å². The number of carbonyl (C=O) groups excluding carboxylic acids is 2. The summed E-state index contributed by atoms with van der Waals surface area (Å²) in [5.41, 5.74) is 3.48. The van der Waals surface area contributed by atoms with Crippen molar-refractivity contribution in [3.8, 4) is 0 Å². The molecular formula is C27H39N3O4S. The van der Waals surface area contributed by atoms with Gasteiger partial charge in [0.15, 0.2) is 0 Å². The van der Waals surface area contributed by atoms with Gasteiger partial charge in [0.2, 0.25) is 21.8 Å². The summed E-state index contributed by atoms with van der Waals surface area (Å²) in [5.74, 6) is -0.364. The molecular weight excluding hydrogens is 462 g/mol. The predicted octanol–water partition coefficient (Wildman–Crippen LogP) is 4.18. The Kier molecular flexibility index (Phi) is 10.8. The van der Waals surface area contributed by atoms with Crippen LogP contribution in [-0.4, -0.2) is 50.5 Å². The van der Waals surface area contributed by atoms with Crippen LogP contribution < -0.4 is 9.62 Å². The van der Waals surface area contributed by atoms with Crippen LogP contribution in [0.5, 0.6) is 0 Å². The quantitative estimate of drug-likeness (QED) is 0.417. The van der Waals surface area contributed by atoms with Crippen LogP contribution >= 0.6 is 0 Å². The summed E-state index contributed by atoms with van der Waals surface area (Å²) < 4.78 is 26.4. The van der Waals surface area contributed by atoms with Crippen LogP contribution in [0, 0.1) is 13.8 Å². The van der Waals surface area contributed by atoms with Crippen molar-refractivity contribution in [3.05, 3.63) is 65.2 Å². The van der Waals surface area contributed by atoms with Gasteiger partial charge >= 0.3 is 0 Å². The molecule has 0 fully saturated rings. The SMILES string of the molecule is CCCCNC(=O)[C@@H](C)N(Cc1ccccc1)C(=O)CCCN(c1cc(C)cc(C)c1)S(C)(=O)=O. The first-order valence-corrected chi connectivity index (χ1v) is 14.0. The number of unbranched alkanes of at least 4 members (excludes halogenated alkanes) is 1. The maximum absolute atomic E-state index is 13.3. The summed E-state index contributed by atoms with van der Waals surface area (Å²) >= 11 is 0. The molecule has 0 bridgehead atoms. The number of nitrogens with zero attached hydrogens (tertiary/aromatic N) is 2. The molecule has 0 radical (unpaired) electrons. The van der Waals surface area contributed by atoms with Gasteiger partial charge in [-0.15, -0.1) is 0 Å². The lowest BCUT2D eigenvalue weighted by atomic mass is 10.1. The molecule has 0 aromatic heterocycles. The fraction of sp³-hybridized carbons (Fsp3) is 0.481. The van der Waals surface area contributed by atoms with Crippen molar-refractivity contribution in [3.63, 3.8) is 0 Å². The van der Waals surface area contributed by atoms with Gasteiger partial charge in [0.25, 0.3) is 0 Å². The first-order valence-electron chi connectivity index (χ1n) is 12.2. The molecule has 0 saturated heterocycles. The Hall–Kier alpha value is -2.87. The molecule has 2 aromatic carbocycles. The predicted molar refractivity (Wildman–Crippen MR) is 142 cm³/mol. The maximum atomic E-state index is 13.3. The van der Waals surface area contributed by atoms with E-state index in [9.17, 15) is 18.0 Å². The molecule has 35 heavy (non-hydrogen) atoms. The van der Waals surface area contributed by atoms with Crippen molar-refractivity contribution in [1.29, 1.82) is 0 Å². The zero-order valence-electron chi connectivity index (χ0n) is 21.6. The molecule has 192 valence electrons. The Labute approximate surface area is 210 Å². The van der Waals surface area contributed by atoms with Crippen molar-refractivity contribution < 1.29 is 18.0 Å². The van der Waals surface area contributed by atoms with Gasteiger partial charge in [0.1, 0.15) is 6.04 Å². The first-order chi connectivity index (χ1) is 16.5. The van der Waals surface area contributed by atoms with E-state index >= 15 is 0 Å². The van der Waals surface area contributed by atoms with Crippen LogP contribution in [0.3, 0.4) is 0 Å². The van der Waals surface area contributed by atoms with Crippen LogP contribution in [0.1, 0.15) is 56.2 Å². The molecule has 7 nitrogen and oxygen atoms in total. The van der Waals surface area contributed by atoms with Gasteiger partial charge in [0.05, 0.1) is 11.9 Å². The number of amides is 2. The highest BCUT2D eigenvalue weighted by atomic mass is 32.2. The van der Waals surface area contributed by atoms with Crippen LogP contribution in [-0.2, 0) is 26.2 Å². The number of sulfonamides is 1. The number of carbonyl (C=O) groups is 2. The van der Waals surface area contributed by atoms with Gasteiger partial charge in [-0.2, -0.15) is 0 Å². The van der Waals surface area contributed by atoms with Crippen LogP contribution in [0.4, 0.5) is 5.69 Å². The highest BCUT2D eigenvalue weighted by Crippen LogP contribution is 2.22. The number of rotatable bonds is 13. The topological polar surface area (TPSA) is 86.8 Å². The van der Waals surface area contributed by atoms with E-state index in [1.54, 1.807) is 11.8 Å². The Morgan fingerprint density at radius 3 is 2.20 bits per heavy atom. The van der Waals surface area contributed by atoms with Crippen LogP contribution in [0.25, 0.3) is 0 Å². The van der Waals surface area contributed by atoms with E-state index in [4.69, 9.17) is 0 Å². The molecule has 0 heterocycles. The van der Waals surface area contributed by atoms with Gasteiger partial charge in [0, 0.05) is 26.1 Å². The Morgan fingerprint density at radius 1 is 1.00 bits per heavy atom. The van der Waals surface area contributed by atoms with Crippen molar-refractivity contribution in [2.24, 2.45) is 0 Å². The molecule has 0 unspecified atom stereocenters. The summed E-state index contributed by atoms with van der Waals surface area (Å²) in [4.78, 5) is 27.6. The lowest BCUT2D eigenvalue weighted by Crippen LogP contribution is -2.47. The van der Waals surface area contributed by atoms with Gasteiger partial charge < -0.3 is 10.2 Å². The smallest absolute Gasteiger partial charge is 0.242 e. The minimum Gasteiger partial charge on any atom is -0.354 e. The standard InChI is InChI=1S/C27H39N3O4S/c1-6-7-15-28-27(32)23(4)29(20-24-12-9-8-10-13-24)26(31)14-11-16-30(35(5,33)34)25-18-21(2)17-22(3)19-25/h8-10,12-13,17-19,23H,6-7,11,14-16,20H2,1-5H3,(H,28,32)/t23-/m1/s1. The van der Waals surface area contributed by atoms with E-state index in [0.29, 0.717) is 25.2 Å². The Bertz CT molecular complexity index is 1070. The fourth-order valence-electron chi connectivity index (χ4n) is 4.00. The van der Waals surface area contributed by atoms with Crippen LogP contribution in [0.2, 0.25) is 0 Å². The lowest BCUT2D eigenvalue weighted by Gasteiger charge is -2.29. The molecule has 1 atom stereocenters. The third kappa shape index (κ3) is 9.02. The minimum absolute atomic E-state index is 0.135. The minimum atomic E-state index is -3.52. The van der Waals surface area contributed by atoms with Gasteiger partial charge in [-0.3, -0.25) is 13.9 Å². The van der Waals surface area contributed by atoms with Crippen molar-refractivity contribution in [1.82, 2.24) is 10.2 Å². The van der Waals surface area contributed by atoms with Crippen molar-refractivity contribution >= 4 is 27.5 Å². The molecule has 8 heteroatoms. The van der Waals surface area contributed by atoms with Gasteiger partial charge in [-0.05, 0) is 62.4 Å². The van der Waals surface area contributed by atoms with E-state index < -0.39 is 16.1 Å².